The summed E-state index contributed by atoms with van der Waals surface area (Å²) in [5.41, 5.74) is 1.44. The van der Waals surface area contributed by atoms with Gasteiger partial charge in [-0.15, -0.1) is 0 Å². The summed E-state index contributed by atoms with van der Waals surface area (Å²) >= 11 is 2.35. The Balaban J connectivity index is 2.11. The van der Waals surface area contributed by atoms with Crippen molar-refractivity contribution in [2.75, 3.05) is 13.7 Å². The van der Waals surface area contributed by atoms with Gasteiger partial charge < -0.3 is 10.1 Å². The van der Waals surface area contributed by atoms with Crippen molar-refractivity contribution in [1.82, 2.24) is 5.32 Å². The molecule has 1 aliphatic rings. The maximum Gasteiger partial charge on any atom is 0.0837 e. The van der Waals surface area contributed by atoms with Crippen molar-refractivity contribution in [3.05, 3.63) is 33.4 Å². The van der Waals surface area contributed by atoms with Gasteiger partial charge in [-0.3, -0.25) is 0 Å². The molecular weight excluding hydrogens is 349 g/mol. The minimum absolute atomic E-state index is 0.0481. The van der Waals surface area contributed by atoms with E-state index < -0.39 is 0 Å². The van der Waals surface area contributed by atoms with Crippen LogP contribution in [-0.2, 0) is 11.2 Å². The second kappa shape index (κ2) is 7.04. The van der Waals surface area contributed by atoms with E-state index in [1.165, 1.54) is 34.8 Å². The van der Waals surface area contributed by atoms with Gasteiger partial charge in [-0.25, -0.2) is 0 Å². The number of likely N-dealkylation sites (N-methyl/N-ethyl adjacent to an activating group) is 1. The molecule has 19 heavy (non-hydrogen) atoms. The van der Waals surface area contributed by atoms with Crippen molar-refractivity contribution in [3.8, 4) is 0 Å². The predicted octanol–water partition coefficient (Wildman–Crippen LogP) is 3.77. The van der Waals surface area contributed by atoms with Crippen molar-refractivity contribution in [3.63, 3.8) is 0 Å². The van der Waals surface area contributed by atoms with Gasteiger partial charge in [-0.1, -0.05) is 25.0 Å². The van der Waals surface area contributed by atoms with Gasteiger partial charge in [0.05, 0.1) is 5.60 Å². The molecule has 0 radical (unpaired) electrons. The van der Waals surface area contributed by atoms with Crippen molar-refractivity contribution >= 4 is 22.6 Å². The average molecular weight is 373 g/mol. The van der Waals surface area contributed by atoms with Crippen LogP contribution in [0, 0.1) is 3.57 Å². The van der Waals surface area contributed by atoms with E-state index in [0.717, 1.165) is 13.0 Å². The Bertz CT molecular complexity index is 384. The van der Waals surface area contributed by atoms with E-state index in [2.05, 4.69) is 66.1 Å². The SMILES string of the molecule is CCOC1(C(Cc2ccc(I)cc2)NC)CCCC1. The molecule has 2 rings (SSSR count). The fourth-order valence-electron chi connectivity index (χ4n) is 3.26. The van der Waals surface area contributed by atoms with Crippen LogP contribution in [0.3, 0.4) is 0 Å². The second-order valence-electron chi connectivity index (χ2n) is 5.38. The molecule has 1 aromatic rings. The molecule has 0 spiro atoms. The van der Waals surface area contributed by atoms with E-state index in [9.17, 15) is 0 Å². The summed E-state index contributed by atoms with van der Waals surface area (Å²) in [7, 11) is 2.07. The summed E-state index contributed by atoms with van der Waals surface area (Å²) in [5.74, 6) is 0. The lowest BCUT2D eigenvalue weighted by molar-refractivity contribution is -0.0597. The molecule has 1 N–H and O–H groups in total. The van der Waals surface area contributed by atoms with Gasteiger partial charge in [0, 0.05) is 16.2 Å². The lowest BCUT2D eigenvalue weighted by Gasteiger charge is -2.37. The van der Waals surface area contributed by atoms with Crippen molar-refractivity contribution in [2.24, 2.45) is 0 Å². The summed E-state index contributed by atoms with van der Waals surface area (Å²) in [6.07, 6.45) is 6.02. The van der Waals surface area contributed by atoms with Crippen LogP contribution in [-0.4, -0.2) is 25.3 Å². The molecule has 0 aliphatic heterocycles. The van der Waals surface area contributed by atoms with E-state index in [1.54, 1.807) is 0 Å². The third kappa shape index (κ3) is 3.70. The quantitative estimate of drug-likeness (QED) is 0.767. The number of ether oxygens (including phenoxy) is 1. The van der Waals surface area contributed by atoms with E-state index >= 15 is 0 Å². The van der Waals surface area contributed by atoms with E-state index in [-0.39, 0.29) is 5.60 Å². The number of rotatable bonds is 6. The number of hydrogen-bond donors (Lipinski definition) is 1. The van der Waals surface area contributed by atoms with Crippen molar-refractivity contribution in [2.45, 2.75) is 50.7 Å². The summed E-state index contributed by atoms with van der Waals surface area (Å²) in [4.78, 5) is 0. The Morgan fingerprint density at radius 1 is 1.26 bits per heavy atom. The van der Waals surface area contributed by atoms with Gasteiger partial charge >= 0.3 is 0 Å². The van der Waals surface area contributed by atoms with Crippen LogP contribution in [0.5, 0.6) is 0 Å². The van der Waals surface area contributed by atoms with Crippen LogP contribution in [0.1, 0.15) is 38.2 Å². The number of benzene rings is 1. The highest BCUT2D eigenvalue weighted by atomic mass is 127. The normalized spacial score (nSPS) is 19.5. The first-order valence-corrected chi connectivity index (χ1v) is 8.34. The summed E-state index contributed by atoms with van der Waals surface area (Å²) in [6.45, 7) is 2.92. The van der Waals surface area contributed by atoms with Gasteiger partial charge in [-0.2, -0.15) is 0 Å². The molecule has 106 valence electrons. The summed E-state index contributed by atoms with van der Waals surface area (Å²) in [6, 6.07) is 9.26. The van der Waals surface area contributed by atoms with Gasteiger partial charge in [0.2, 0.25) is 0 Å². The molecule has 2 nitrogen and oxygen atoms in total. The first-order chi connectivity index (χ1) is 9.20. The van der Waals surface area contributed by atoms with Gasteiger partial charge in [0.1, 0.15) is 0 Å². The Morgan fingerprint density at radius 2 is 1.89 bits per heavy atom. The fraction of sp³-hybridized carbons (Fsp3) is 0.625. The summed E-state index contributed by atoms with van der Waals surface area (Å²) < 4.78 is 7.47. The van der Waals surface area contributed by atoms with E-state index in [4.69, 9.17) is 4.74 Å². The molecular formula is C16H24INO. The molecule has 1 atom stereocenters. The number of hydrogen-bond acceptors (Lipinski definition) is 2. The second-order valence-corrected chi connectivity index (χ2v) is 6.62. The highest BCUT2D eigenvalue weighted by Gasteiger charge is 2.41. The Morgan fingerprint density at radius 3 is 2.42 bits per heavy atom. The van der Waals surface area contributed by atoms with Crippen LogP contribution < -0.4 is 5.32 Å². The predicted molar refractivity (Wildman–Crippen MR) is 88.5 cm³/mol. The molecule has 0 aromatic heterocycles. The monoisotopic (exact) mass is 373 g/mol. The summed E-state index contributed by atoms with van der Waals surface area (Å²) in [5, 5.41) is 3.51. The zero-order valence-electron chi connectivity index (χ0n) is 11.9. The standard InChI is InChI=1S/C16H24INO/c1-3-19-16(10-4-5-11-16)15(18-2)12-13-6-8-14(17)9-7-13/h6-9,15,18H,3-5,10-12H2,1-2H3. The first-order valence-electron chi connectivity index (χ1n) is 7.26. The van der Waals surface area contributed by atoms with E-state index in [1.807, 2.05) is 0 Å². The zero-order chi connectivity index (χ0) is 13.7. The molecule has 1 unspecified atom stereocenters. The van der Waals surface area contributed by atoms with Crippen LogP contribution >= 0.6 is 22.6 Å². The van der Waals surface area contributed by atoms with Crippen molar-refractivity contribution < 1.29 is 4.74 Å². The van der Waals surface area contributed by atoms with Gasteiger partial charge in [-0.05, 0) is 73.5 Å². The molecule has 1 aliphatic carbocycles. The van der Waals surface area contributed by atoms with Gasteiger partial charge in [0.15, 0.2) is 0 Å². The van der Waals surface area contributed by atoms with Gasteiger partial charge in [0.25, 0.3) is 0 Å². The number of halogens is 1. The van der Waals surface area contributed by atoms with Crippen LogP contribution in [0.2, 0.25) is 0 Å². The molecule has 0 bridgehead atoms. The third-order valence-corrected chi connectivity index (χ3v) is 4.94. The molecule has 0 heterocycles. The first kappa shape index (κ1) is 15.3. The highest BCUT2D eigenvalue weighted by molar-refractivity contribution is 14.1. The molecule has 1 fully saturated rings. The lowest BCUT2D eigenvalue weighted by Crippen LogP contribution is -2.51. The van der Waals surface area contributed by atoms with Crippen LogP contribution in [0.25, 0.3) is 0 Å². The molecule has 3 heteroatoms. The third-order valence-electron chi connectivity index (χ3n) is 4.22. The molecule has 1 aromatic carbocycles. The zero-order valence-corrected chi connectivity index (χ0v) is 14.1. The Labute approximate surface area is 130 Å². The largest absolute Gasteiger partial charge is 0.374 e. The molecule has 1 saturated carbocycles. The lowest BCUT2D eigenvalue weighted by atomic mass is 9.87. The fourth-order valence-corrected chi connectivity index (χ4v) is 3.62. The highest BCUT2D eigenvalue weighted by Crippen LogP contribution is 2.37. The minimum Gasteiger partial charge on any atom is -0.374 e. The van der Waals surface area contributed by atoms with Crippen molar-refractivity contribution in [1.29, 1.82) is 0 Å². The van der Waals surface area contributed by atoms with E-state index in [0.29, 0.717) is 6.04 Å². The average Bonchev–Trinajstić information content (AvgIpc) is 2.88. The Kier molecular flexibility index (Phi) is 5.66. The number of nitrogens with one attached hydrogen (secondary N) is 1. The molecule has 0 saturated heterocycles. The van der Waals surface area contributed by atoms with Crippen LogP contribution in [0.4, 0.5) is 0 Å². The smallest absolute Gasteiger partial charge is 0.0837 e. The maximum absolute atomic E-state index is 6.18. The van der Waals surface area contributed by atoms with Crippen LogP contribution in [0.15, 0.2) is 24.3 Å². The maximum atomic E-state index is 6.18. The topological polar surface area (TPSA) is 21.3 Å². The Hall–Kier alpha value is -0.130. The molecule has 0 amide bonds. The minimum atomic E-state index is 0.0481.